The van der Waals surface area contributed by atoms with Crippen LogP contribution in [0.3, 0.4) is 0 Å². The molecule has 5 nitrogen and oxygen atoms in total. The lowest BCUT2D eigenvalue weighted by molar-refractivity contribution is 0.00991. The van der Waals surface area contributed by atoms with Crippen LogP contribution in [0.15, 0.2) is 29.3 Å². The number of benzene rings is 1. The molecule has 0 amide bonds. The van der Waals surface area contributed by atoms with E-state index in [0.717, 1.165) is 81.6 Å². The molecule has 1 N–H and O–H groups in total. The third kappa shape index (κ3) is 7.14. The van der Waals surface area contributed by atoms with E-state index in [0.29, 0.717) is 6.10 Å². The summed E-state index contributed by atoms with van der Waals surface area (Å²) in [6.07, 6.45) is 4.26. The molecular weight excluding hydrogens is 350 g/mol. The highest BCUT2D eigenvalue weighted by Gasteiger charge is 2.21. The van der Waals surface area contributed by atoms with Crippen LogP contribution in [0.1, 0.15) is 31.7 Å². The summed E-state index contributed by atoms with van der Waals surface area (Å²) in [6.45, 7) is 7.22. The summed E-state index contributed by atoms with van der Waals surface area (Å²) in [7, 11) is 1.73. The maximum Gasteiger partial charge on any atom is 0.193 e. The van der Waals surface area contributed by atoms with Gasteiger partial charge in [0.15, 0.2) is 5.96 Å². The molecule has 1 aliphatic rings. The van der Waals surface area contributed by atoms with Gasteiger partial charge in [-0.25, -0.2) is 0 Å². The first-order valence-corrected chi connectivity index (χ1v) is 9.99. The van der Waals surface area contributed by atoms with E-state index in [-0.39, 0.29) is 0 Å². The van der Waals surface area contributed by atoms with Crippen LogP contribution in [0.25, 0.3) is 0 Å². The van der Waals surface area contributed by atoms with Gasteiger partial charge < -0.3 is 19.7 Å². The number of piperidine rings is 1. The summed E-state index contributed by atoms with van der Waals surface area (Å²) in [4.78, 5) is 7.14. The molecule has 1 aromatic rings. The minimum absolute atomic E-state index is 0.356. The van der Waals surface area contributed by atoms with E-state index < -0.39 is 0 Å². The molecule has 0 radical (unpaired) electrons. The molecule has 2 rings (SSSR count). The molecular formula is C20H32ClN3O2. The van der Waals surface area contributed by atoms with Crippen LogP contribution in [0, 0.1) is 0 Å². The highest BCUT2D eigenvalue weighted by Crippen LogP contribution is 2.16. The zero-order chi connectivity index (χ0) is 18.6. The smallest absolute Gasteiger partial charge is 0.193 e. The summed E-state index contributed by atoms with van der Waals surface area (Å²) in [5, 5.41) is 4.23. The molecule has 0 spiro atoms. The second kappa shape index (κ2) is 12.2. The van der Waals surface area contributed by atoms with Crippen LogP contribution in [0.5, 0.6) is 0 Å². The van der Waals surface area contributed by atoms with Crippen molar-refractivity contribution in [2.45, 2.75) is 38.7 Å². The number of guanidine groups is 1. The minimum atomic E-state index is 0.356. The van der Waals surface area contributed by atoms with Crippen molar-refractivity contribution in [1.82, 2.24) is 10.2 Å². The van der Waals surface area contributed by atoms with Gasteiger partial charge in [-0.3, -0.25) is 4.99 Å². The van der Waals surface area contributed by atoms with Crippen molar-refractivity contribution < 1.29 is 9.47 Å². The first kappa shape index (κ1) is 21.0. The molecule has 6 heteroatoms. The fourth-order valence-electron chi connectivity index (χ4n) is 3.10. The molecule has 146 valence electrons. The van der Waals surface area contributed by atoms with Gasteiger partial charge in [0.05, 0.1) is 6.10 Å². The second-order valence-corrected chi connectivity index (χ2v) is 6.89. The zero-order valence-electron chi connectivity index (χ0n) is 16.0. The van der Waals surface area contributed by atoms with Crippen LogP contribution < -0.4 is 5.32 Å². The quantitative estimate of drug-likeness (QED) is 0.404. The van der Waals surface area contributed by atoms with Crippen molar-refractivity contribution in [2.24, 2.45) is 4.99 Å². The summed E-state index contributed by atoms with van der Waals surface area (Å²) >= 11 is 6.23. The predicted octanol–water partition coefficient (Wildman–Crippen LogP) is 3.37. The second-order valence-electron chi connectivity index (χ2n) is 6.48. The molecule has 1 aliphatic heterocycles. The Morgan fingerprint density at radius 3 is 2.73 bits per heavy atom. The normalized spacial score (nSPS) is 16.1. The average molecular weight is 382 g/mol. The standard InChI is InChI=1S/C20H32ClN3O2/c1-3-22-20(23-12-9-17-7-4-5-8-19(17)21)24-13-10-18(11-14-24)26-16-6-15-25-2/h4-5,7-8,18H,3,6,9-16H2,1-2H3,(H,22,23). The third-order valence-electron chi connectivity index (χ3n) is 4.52. The number of nitrogens with zero attached hydrogens (tertiary/aromatic N) is 2. The summed E-state index contributed by atoms with van der Waals surface area (Å²) in [6, 6.07) is 7.98. The van der Waals surface area contributed by atoms with E-state index in [4.69, 9.17) is 26.1 Å². The molecule has 1 aromatic carbocycles. The highest BCUT2D eigenvalue weighted by atomic mass is 35.5. The molecule has 0 bridgehead atoms. The highest BCUT2D eigenvalue weighted by molar-refractivity contribution is 6.31. The fraction of sp³-hybridized carbons (Fsp3) is 0.650. The maximum absolute atomic E-state index is 6.23. The molecule has 26 heavy (non-hydrogen) atoms. The van der Waals surface area contributed by atoms with E-state index in [9.17, 15) is 0 Å². The lowest BCUT2D eigenvalue weighted by Gasteiger charge is -2.34. The molecule has 1 saturated heterocycles. The van der Waals surface area contributed by atoms with Gasteiger partial charge in [0, 0.05) is 51.5 Å². The van der Waals surface area contributed by atoms with Crippen molar-refractivity contribution in [3.05, 3.63) is 34.9 Å². The van der Waals surface area contributed by atoms with E-state index in [1.807, 2.05) is 18.2 Å². The number of methoxy groups -OCH3 is 1. The summed E-state index contributed by atoms with van der Waals surface area (Å²) in [5.74, 6) is 0.998. The van der Waals surface area contributed by atoms with Crippen molar-refractivity contribution in [3.63, 3.8) is 0 Å². The topological polar surface area (TPSA) is 46.1 Å². The Balaban J connectivity index is 1.79. The number of ether oxygens (including phenoxy) is 2. The van der Waals surface area contributed by atoms with Crippen LogP contribution in [0.2, 0.25) is 5.02 Å². The molecule has 1 heterocycles. The van der Waals surface area contributed by atoms with Gasteiger partial charge in [-0.05, 0) is 44.2 Å². The number of hydrogen-bond donors (Lipinski definition) is 1. The lowest BCUT2D eigenvalue weighted by Crippen LogP contribution is -2.47. The predicted molar refractivity (Wildman–Crippen MR) is 108 cm³/mol. The Morgan fingerprint density at radius 2 is 2.04 bits per heavy atom. The van der Waals surface area contributed by atoms with Crippen molar-refractivity contribution in [2.75, 3.05) is 46.5 Å². The van der Waals surface area contributed by atoms with Crippen LogP contribution in [0.4, 0.5) is 0 Å². The lowest BCUT2D eigenvalue weighted by atomic mass is 10.1. The minimum Gasteiger partial charge on any atom is -0.385 e. The van der Waals surface area contributed by atoms with Gasteiger partial charge in [-0.2, -0.15) is 0 Å². The number of aliphatic imine (C=N–C) groups is 1. The average Bonchev–Trinajstić information content (AvgIpc) is 2.67. The molecule has 0 atom stereocenters. The number of nitrogens with one attached hydrogen (secondary N) is 1. The van der Waals surface area contributed by atoms with Crippen LogP contribution in [-0.4, -0.2) is 63.5 Å². The monoisotopic (exact) mass is 381 g/mol. The van der Waals surface area contributed by atoms with Gasteiger partial charge in [0.25, 0.3) is 0 Å². The van der Waals surface area contributed by atoms with Gasteiger partial charge in [0.1, 0.15) is 0 Å². The SMILES string of the molecule is CCNC(=NCCc1ccccc1Cl)N1CCC(OCCCOC)CC1. The fourth-order valence-corrected chi connectivity index (χ4v) is 3.33. The Labute approximate surface area is 162 Å². The number of halogens is 1. The van der Waals surface area contributed by atoms with E-state index in [1.165, 1.54) is 0 Å². The molecule has 1 fully saturated rings. The van der Waals surface area contributed by atoms with Crippen molar-refractivity contribution >= 4 is 17.6 Å². The van der Waals surface area contributed by atoms with Gasteiger partial charge in [0.2, 0.25) is 0 Å². The zero-order valence-corrected chi connectivity index (χ0v) is 16.8. The van der Waals surface area contributed by atoms with Crippen molar-refractivity contribution in [3.8, 4) is 0 Å². The van der Waals surface area contributed by atoms with Crippen LogP contribution in [-0.2, 0) is 15.9 Å². The maximum atomic E-state index is 6.23. The largest absolute Gasteiger partial charge is 0.385 e. The van der Waals surface area contributed by atoms with E-state index in [1.54, 1.807) is 7.11 Å². The van der Waals surface area contributed by atoms with Gasteiger partial charge in [-0.15, -0.1) is 0 Å². The molecule has 0 saturated carbocycles. The van der Waals surface area contributed by atoms with Crippen molar-refractivity contribution in [1.29, 1.82) is 0 Å². The van der Waals surface area contributed by atoms with Crippen LogP contribution >= 0.6 is 11.6 Å². The first-order chi connectivity index (χ1) is 12.7. The Kier molecular flexibility index (Phi) is 9.82. The van der Waals surface area contributed by atoms with Gasteiger partial charge >= 0.3 is 0 Å². The van der Waals surface area contributed by atoms with E-state index in [2.05, 4.69) is 23.2 Å². The molecule has 0 unspecified atom stereocenters. The van der Waals surface area contributed by atoms with Gasteiger partial charge in [-0.1, -0.05) is 29.8 Å². The Morgan fingerprint density at radius 1 is 1.27 bits per heavy atom. The third-order valence-corrected chi connectivity index (χ3v) is 4.89. The Hall–Kier alpha value is -1.30. The first-order valence-electron chi connectivity index (χ1n) is 9.61. The molecule has 0 aromatic heterocycles. The van der Waals surface area contributed by atoms with E-state index >= 15 is 0 Å². The number of hydrogen-bond acceptors (Lipinski definition) is 3. The molecule has 0 aliphatic carbocycles. The summed E-state index contributed by atoms with van der Waals surface area (Å²) in [5.41, 5.74) is 1.15. The summed E-state index contributed by atoms with van der Waals surface area (Å²) < 4.78 is 11.0. The number of likely N-dealkylation sites (tertiary alicyclic amines) is 1. The number of rotatable bonds is 9. The Bertz CT molecular complexity index is 546.